The maximum Gasteiger partial charge on any atom is 0.375 e. The molecule has 2 aromatic carbocycles. The third-order valence-electron chi connectivity index (χ3n) is 5.10. The van der Waals surface area contributed by atoms with Gasteiger partial charge in [0, 0.05) is 22.6 Å². The highest BCUT2D eigenvalue weighted by Gasteiger charge is 2.45. The van der Waals surface area contributed by atoms with E-state index in [1.165, 1.54) is 0 Å². The zero-order valence-electron chi connectivity index (χ0n) is 16.0. The molecule has 6 nitrogen and oxygen atoms in total. The molecule has 0 amide bonds. The Kier molecular flexibility index (Phi) is 5.22. The first-order valence-corrected chi connectivity index (χ1v) is 11.0. The maximum atomic E-state index is 8.49. The smallest absolute Gasteiger partial charge is 0.375 e. The lowest BCUT2D eigenvalue weighted by Gasteiger charge is -2.35. The second kappa shape index (κ2) is 7.46. The standard InChI is InChI=1S/C22H16BrO2.ClHO4/c1-22(2)15-11-13-7-3-5-9-17(13)24-20(15)19(23)21-16(22)12-14-8-4-6-10-18(14)25-21;2-1(3,4)5/h3-12H,1-2H3;(H,2,3,4,5)/q+1;/p-1. The highest BCUT2D eigenvalue weighted by molar-refractivity contribution is 9.15. The zero-order chi connectivity index (χ0) is 21.7. The summed E-state index contributed by atoms with van der Waals surface area (Å²) in [6.07, 6.45) is 2.23. The number of fused-ring (bicyclic) bond motifs is 4. The quantitative estimate of drug-likeness (QED) is 0.443. The Morgan fingerprint density at radius 3 is 2.33 bits per heavy atom. The zero-order valence-corrected chi connectivity index (χ0v) is 18.3. The molecular weight excluding hydrogens is 476 g/mol. The molecule has 0 spiro atoms. The normalized spacial score (nSPS) is 16.4. The van der Waals surface area contributed by atoms with Gasteiger partial charge >= 0.3 is 11.3 Å². The average molecular weight is 492 g/mol. The SMILES string of the molecule is CC1(C)C2=Cc3ccccc3OC2=C(Br)c2[o+]c3ccccc3cc21.[O-][Cl+3]([O-])([O-])[O-]. The fourth-order valence-corrected chi connectivity index (χ4v) is 4.25. The van der Waals surface area contributed by atoms with Gasteiger partial charge in [-0.3, -0.25) is 0 Å². The van der Waals surface area contributed by atoms with Gasteiger partial charge < -0.3 is 4.74 Å². The Hall–Kier alpha value is -2.26. The van der Waals surface area contributed by atoms with Crippen LogP contribution in [0.4, 0.5) is 0 Å². The van der Waals surface area contributed by atoms with E-state index in [2.05, 4.69) is 54.1 Å². The summed E-state index contributed by atoms with van der Waals surface area (Å²) in [5.41, 5.74) is 4.09. The number of para-hydroxylation sites is 2. The van der Waals surface area contributed by atoms with E-state index in [1.54, 1.807) is 0 Å². The Morgan fingerprint density at radius 2 is 1.60 bits per heavy atom. The monoisotopic (exact) mass is 490 g/mol. The molecule has 1 aliphatic carbocycles. The molecule has 0 unspecified atom stereocenters. The summed E-state index contributed by atoms with van der Waals surface area (Å²) in [6.45, 7) is 4.44. The van der Waals surface area contributed by atoms with E-state index in [-0.39, 0.29) is 5.41 Å². The number of hydrogen-bond acceptors (Lipinski definition) is 5. The molecule has 1 aromatic heterocycles. The Bertz CT molecular complexity index is 1200. The van der Waals surface area contributed by atoms with Gasteiger partial charge in [0.05, 0.1) is 10.9 Å². The second-order valence-corrected chi connectivity index (χ2v) is 8.92. The predicted octanol–water partition coefficient (Wildman–Crippen LogP) is 1.79. The summed E-state index contributed by atoms with van der Waals surface area (Å²) < 4.78 is 47.4. The second-order valence-electron chi connectivity index (χ2n) is 7.37. The van der Waals surface area contributed by atoms with Crippen LogP contribution in [0.3, 0.4) is 0 Å². The van der Waals surface area contributed by atoms with E-state index in [9.17, 15) is 0 Å². The van der Waals surface area contributed by atoms with Gasteiger partial charge in [0.15, 0.2) is 10.2 Å². The molecule has 0 atom stereocenters. The molecule has 0 bridgehead atoms. The molecule has 2 heterocycles. The first-order valence-electron chi connectivity index (χ1n) is 8.93. The van der Waals surface area contributed by atoms with Gasteiger partial charge in [0.1, 0.15) is 5.75 Å². The van der Waals surface area contributed by atoms with Crippen molar-refractivity contribution in [1.29, 1.82) is 0 Å². The van der Waals surface area contributed by atoms with Gasteiger partial charge in [-0.05, 0) is 40.2 Å². The van der Waals surface area contributed by atoms with E-state index < -0.39 is 10.2 Å². The predicted molar refractivity (Wildman–Crippen MR) is 105 cm³/mol. The summed E-state index contributed by atoms with van der Waals surface area (Å²) in [6, 6.07) is 18.5. The molecule has 154 valence electrons. The van der Waals surface area contributed by atoms with Crippen LogP contribution in [0.1, 0.15) is 30.7 Å². The molecule has 5 rings (SSSR count). The first-order chi connectivity index (χ1) is 14.1. The summed E-state index contributed by atoms with van der Waals surface area (Å²) in [5.74, 6) is 2.56. The van der Waals surface area contributed by atoms with Crippen LogP contribution in [0, 0.1) is 10.2 Å². The van der Waals surface area contributed by atoms with Gasteiger partial charge in [0.25, 0.3) is 0 Å². The molecular formula is C22H16BrClO6. The van der Waals surface area contributed by atoms with Crippen molar-refractivity contribution in [3.8, 4) is 5.75 Å². The van der Waals surface area contributed by atoms with Gasteiger partial charge in [0.2, 0.25) is 0 Å². The fraction of sp³-hybridized carbons (Fsp3) is 0.136. The molecule has 0 fully saturated rings. The van der Waals surface area contributed by atoms with Crippen molar-refractivity contribution in [3.05, 3.63) is 82.8 Å². The lowest BCUT2D eigenvalue weighted by atomic mass is 9.72. The fourth-order valence-electron chi connectivity index (χ4n) is 3.66. The van der Waals surface area contributed by atoms with Crippen LogP contribution in [-0.2, 0) is 5.41 Å². The number of ether oxygens (including phenoxy) is 1. The van der Waals surface area contributed by atoms with Crippen LogP contribution in [0.15, 0.2) is 70.3 Å². The van der Waals surface area contributed by atoms with E-state index >= 15 is 0 Å². The number of halogens is 2. The molecule has 0 saturated heterocycles. The maximum absolute atomic E-state index is 8.49. The highest BCUT2D eigenvalue weighted by atomic mass is 79.9. The molecule has 2 aliphatic rings. The molecule has 0 radical (unpaired) electrons. The summed E-state index contributed by atoms with van der Waals surface area (Å²) in [5, 5.41) is 1.11. The molecule has 1 aliphatic heterocycles. The van der Waals surface area contributed by atoms with E-state index in [0.717, 1.165) is 49.4 Å². The topological polar surface area (TPSA) is 113 Å². The number of allylic oxidation sites excluding steroid dienone is 1. The molecule has 3 aromatic rings. The minimum absolute atomic E-state index is 0.219. The minimum atomic E-state index is -4.94. The number of rotatable bonds is 0. The van der Waals surface area contributed by atoms with Crippen molar-refractivity contribution in [2.24, 2.45) is 0 Å². The lowest BCUT2D eigenvalue weighted by molar-refractivity contribution is -2.00. The van der Waals surface area contributed by atoms with Gasteiger partial charge in [-0.2, -0.15) is 0 Å². The Labute approximate surface area is 183 Å². The van der Waals surface area contributed by atoms with Gasteiger partial charge in [-0.1, -0.05) is 44.2 Å². The summed E-state index contributed by atoms with van der Waals surface area (Å²) in [4.78, 5) is 0. The lowest BCUT2D eigenvalue weighted by Crippen LogP contribution is -2.68. The molecule has 0 saturated carbocycles. The Balaban J connectivity index is 0.000000393. The summed E-state index contributed by atoms with van der Waals surface area (Å²) in [7, 11) is -4.94. The van der Waals surface area contributed by atoms with Crippen LogP contribution in [0.25, 0.3) is 21.5 Å². The first kappa shape index (κ1) is 21.0. The van der Waals surface area contributed by atoms with Crippen LogP contribution in [-0.4, -0.2) is 0 Å². The Morgan fingerprint density at radius 1 is 0.967 bits per heavy atom. The van der Waals surface area contributed by atoms with Crippen LogP contribution in [0.5, 0.6) is 5.75 Å². The van der Waals surface area contributed by atoms with Crippen LogP contribution >= 0.6 is 15.9 Å². The van der Waals surface area contributed by atoms with Crippen molar-refractivity contribution in [3.63, 3.8) is 0 Å². The molecule has 8 heteroatoms. The van der Waals surface area contributed by atoms with Crippen molar-refractivity contribution in [2.45, 2.75) is 19.3 Å². The van der Waals surface area contributed by atoms with E-state index in [0.29, 0.717) is 0 Å². The minimum Gasteiger partial charge on any atom is -0.455 e. The third kappa shape index (κ3) is 3.88. The molecule has 30 heavy (non-hydrogen) atoms. The number of hydrogen-bond donors (Lipinski definition) is 0. The average Bonchev–Trinajstić information content (AvgIpc) is 2.69. The third-order valence-corrected chi connectivity index (χ3v) is 5.82. The van der Waals surface area contributed by atoms with E-state index in [1.807, 2.05) is 36.4 Å². The number of benzene rings is 2. The molecule has 0 N–H and O–H groups in total. The van der Waals surface area contributed by atoms with Gasteiger partial charge in [-0.25, -0.2) is 23.1 Å². The van der Waals surface area contributed by atoms with Crippen molar-refractivity contribution < 1.29 is 38.0 Å². The highest BCUT2D eigenvalue weighted by Crippen LogP contribution is 2.52. The van der Waals surface area contributed by atoms with Gasteiger partial charge in [-0.15, -0.1) is 10.2 Å². The van der Waals surface area contributed by atoms with Crippen molar-refractivity contribution in [1.82, 2.24) is 0 Å². The van der Waals surface area contributed by atoms with E-state index in [4.69, 9.17) is 27.8 Å². The van der Waals surface area contributed by atoms with Crippen molar-refractivity contribution in [2.75, 3.05) is 0 Å². The van der Waals surface area contributed by atoms with Crippen LogP contribution < -0.4 is 23.4 Å². The van der Waals surface area contributed by atoms with Crippen molar-refractivity contribution >= 4 is 37.5 Å². The summed E-state index contributed by atoms with van der Waals surface area (Å²) >= 11 is 3.74. The van der Waals surface area contributed by atoms with Crippen LogP contribution in [0.2, 0.25) is 0 Å². The largest absolute Gasteiger partial charge is 0.455 e.